The number of hydrogen-bond donors (Lipinski definition) is 1. The first-order chi connectivity index (χ1) is 17.8. The zero-order valence-electron chi connectivity index (χ0n) is 23.6. The second kappa shape index (κ2) is 12.6. The first-order valence-corrected chi connectivity index (χ1v) is 13.7. The molecule has 0 saturated heterocycles. The number of carbonyl (C=O) groups is 2. The summed E-state index contributed by atoms with van der Waals surface area (Å²) >= 11 is 6.12. The van der Waals surface area contributed by atoms with Gasteiger partial charge in [-0.3, -0.25) is 9.59 Å². The standard InChI is InChI=1S/C33H41ClN2O2/c1-32(2,3)27-17-12-24(13-18-27)16-21-30(37)36(23-26-14-19-28(34)20-15-26)29(31(38)35-33(4,5)6)22-25-10-8-7-9-11-25/h7-15,17-20,29H,16,21-23H2,1-6H3,(H,35,38)/t29-/m1/s1. The molecule has 0 unspecified atom stereocenters. The predicted octanol–water partition coefficient (Wildman–Crippen LogP) is 7.12. The van der Waals surface area contributed by atoms with Crippen molar-refractivity contribution in [3.05, 3.63) is 106 Å². The molecule has 0 aromatic heterocycles. The number of nitrogens with one attached hydrogen (secondary N) is 1. The van der Waals surface area contributed by atoms with E-state index >= 15 is 0 Å². The summed E-state index contributed by atoms with van der Waals surface area (Å²) in [6.07, 6.45) is 1.36. The molecule has 1 N–H and O–H groups in total. The Labute approximate surface area is 233 Å². The maximum absolute atomic E-state index is 13.8. The molecular weight excluding hydrogens is 492 g/mol. The Morgan fingerprint density at radius 3 is 1.92 bits per heavy atom. The van der Waals surface area contributed by atoms with E-state index in [1.807, 2.05) is 75.4 Å². The summed E-state index contributed by atoms with van der Waals surface area (Å²) in [7, 11) is 0. The van der Waals surface area contributed by atoms with Crippen molar-refractivity contribution in [2.75, 3.05) is 0 Å². The van der Waals surface area contributed by atoms with E-state index in [1.165, 1.54) is 5.56 Å². The van der Waals surface area contributed by atoms with Crippen molar-refractivity contribution in [3.63, 3.8) is 0 Å². The van der Waals surface area contributed by atoms with Crippen LogP contribution >= 0.6 is 11.6 Å². The second-order valence-electron chi connectivity index (χ2n) is 12.0. The van der Waals surface area contributed by atoms with E-state index in [9.17, 15) is 9.59 Å². The molecule has 3 aromatic rings. The van der Waals surface area contributed by atoms with Crippen LogP contribution in [0.1, 0.15) is 70.2 Å². The number of hydrogen-bond acceptors (Lipinski definition) is 2. The second-order valence-corrected chi connectivity index (χ2v) is 12.5. The van der Waals surface area contributed by atoms with Crippen LogP contribution in [-0.2, 0) is 34.4 Å². The summed E-state index contributed by atoms with van der Waals surface area (Å²) in [5, 5.41) is 3.75. The van der Waals surface area contributed by atoms with E-state index in [1.54, 1.807) is 4.90 Å². The van der Waals surface area contributed by atoms with Gasteiger partial charge in [0.15, 0.2) is 0 Å². The van der Waals surface area contributed by atoms with Gasteiger partial charge >= 0.3 is 0 Å². The molecule has 2 amide bonds. The number of aryl methyl sites for hydroxylation is 1. The average molecular weight is 533 g/mol. The minimum Gasteiger partial charge on any atom is -0.350 e. The summed E-state index contributed by atoms with van der Waals surface area (Å²) in [5.74, 6) is -0.206. The van der Waals surface area contributed by atoms with Gasteiger partial charge in [0.25, 0.3) is 0 Å². The van der Waals surface area contributed by atoms with E-state index in [-0.39, 0.29) is 17.2 Å². The molecule has 0 fully saturated rings. The molecule has 38 heavy (non-hydrogen) atoms. The molecule has 4 nitrogen and oxygen atoms in total. The molecule has 0 spiro atoms. The number of amides is 2. The third-order valence-corrected chi connectivity index (χ3v) is 6.73. The zero-order chi connectivity index (χ0) is 27.9. The lowest BCUT2D eigenvalue weighted by Crippen LogP contribution is -2.54. The Morgan fingerprint density at radius 2 is 1.37 bits per heavy atom. The van der Waals surface area contributed by atoms with Gasteiger partial charge in [0.1, 0.15) is 6.04 Å². The lowest BCUT2D eigenvalue weighted by Gasteiger charge is -2.34. The lowest BCUT2D eigenvalue weighted by atomic mass is 9.86. The Hall–Kier alpha value is -3.11. The molecule has 0 aliphatic heterocycles. The molecule has 202 valence electrons. The van der Waals surface area contributed by atoms with E-state index in [2.05, 4.69) is 50.4 Å². The zero-order valence-corrected chi connectivity index (χ0v) is 24.3. The number of rotatable bonds is 9. The Morgan fingerprint density at radius 1 is 0.789 bits per heavy atom. The van der Waals surface area contributed by atoms with Crippen molar-refractivity contribution >= 4 is 23.4 Å². The van der Waals surface area contributed by atoms with Gasteiger partial charge < -0.3 is 10.2 Å². The molecule has 0 aliphatic rings. The summed E-state index contributed by atoms with van der Waals surface area (Å²) < 4.78 is 0. The summed E-state index contributed by atoms with van der Waals surface area (Å²) in [5.41, 5.74) is 3.97. The third-order valence-electron chi connectivity index (χ3n) is 6.48. The number of halogens is 1. The monoisotopic (exact) mass is 532 g/mol. The predicted molar refractivity (Wildman–Crippen MR) is 157 cm³/mol. The minimum atomic E-state index is -0.650. The Kier molecular flexibility index (Phi) is 9.78. The van der Waals surface area contributed by atoms with E-state index in [0.717, 1.165) is 16.7 Å². The van der Waals surface area contributed by atoms with Crippen LogP contribution in [0.4, 0.5) is 0 Å². The first kappa shape index (κ1) is 29.4. The van der Waals surface area contributed by atoms with Gasteiger partial charge in [-0.2, -0.15) is 0 Å². The van der Waals surface area contributed by atoms with Crippen molar-refractivity contribution in [2.24, 2.45) is 0 Å². The van der Waals surface area contributed by atoms with Crippen LogP contribution in [0.25, 0.3) is 0 Å². The summed E-state index contributed by atoms with van der Waals surface area (Å²) in [6, 6.07) is 25.2. The van der Waals surface area contributed by atoms with Crippen LogP contribution in [0, 0.1) is 0 Å². The van der Waals surface area contributed by atoms with Crippen molar-refractivity contribution in [1.29, 1.82) is 0 Å². The van der Waals surface area contributed by atoms with Crippen LogP contribution < -0.4 is 5.32 Å². The fraction of sp³-hybridized carbons (Fsp3) is 0.394. The van der Waals surface area contributed by atoms with E-state index in [0.29, 0.717) is 30.8 Å². The molecule has 5 heteroatoms. The third kappa shape index (κ3) is 9.02. The van der Waals surface area contributed by atoms with Crippen molar-refractivity contribution < 1.29 is 9.59 Å². The highest BCUT2D eigenvalue weighted by Crippen LogP contribution is 2.23. The Balaban J connectivity index is 1.89. The largest absolute Gasteiger partial charge is 0.350 e. The highest BCUT2D eigenvalue weighted by Gasteiger charge is 2.32. The molecule has 0 radical (unpaired) electrons. The van der Waals surface area contributed by atoms with Gasteiger partial charge in [-0.1, -0.05) is 99.1 Å². The van der Waals surface area contributed by atoms with Gasteiger partial charge in [-0.15, -0.1) is 0 Å². The Bertz CT molecular complexity index is 1190. The highest BCUT2D eigenvalue weighted by atomic mass is 35.5. The maximum Gasteiger partial charge on any atom is 0.243 e. The molecule has 1 atom stereocenters. The van der Waals surface area contributed by atoms with Gasteiger partial charge in [0.05, 0.1) is 0 Å². The normalized spacial score (nSPS) is 12.6. The minimum absolute atomic E-state index is 0.0511. The van der Waals surface area contributed by atoms with Crippen molar-refractivity contribution in [3.8, 4) is 0 Å². The quantitative estimate of drug-likeness (QED) is 0.319. The number of carbonyl (C=O) groups excluding carboxylic acids is 2. The van der Waals surface area contributed by atoms with Gasteiger partial charge in [0.2, 0.25) is 11.8 Å². The number of nitrogens with zero attached hydrogens (tertiary/aromatic N) is 1. The SMILES string of the molecule is CC(C)(C)NC(=O)[C@@H](Cc1ccccc1)N(Cc1ccc(Cl)cc1)C(=O)CCc1ccc(C(C)(C)C)cc1. The molecule has 3 aromatic carbocycles. The molecule has 0 bridgehead atoms. The van der Waals surface area contributed by atoms with Crippen LogP contribution in [-0.4, -0.2) is 28.3 Å². The maximum atomic E-state index is 13.8. The summed E-state index contributed by atoms with van der Waals surface area (Å²) in [6.45, 7) is 12.8. The highest BCUT2D eigenvalue weighted by molar-refractivity contribution is 6.30. The van der Waals surface area contributed by atoms with E-state index in [4.69, 9.17) is 11.6 Å². The number of benzene rings is 3. The molecule has 3 rings (SSSR count). The van der Waals surface area contributed by atoms with Crippen LogP contribution in [0.15, 0.2) is 78.9 Å². The topological polar surface area (TPSA) is 49.4 Å². The van der Waals surface area contributed by atoms with Crippen molar-refractivity contribution in [2.45, 2.75) is 84.3 Å². The van der Waals surface area contributed by atoms with Gasteiger partial charge in [0, 0.05) is 29.9 Å². The molecule has 0 heterocycles. The fourth-order valence-electron chi connectivity index (χ4n) is 4.36. The molecular formula is C33H41ClN2O2. The van der Waals surface area contributed by atoms with Gasteiger partial charge in [-0.25, -0.2) is 0 Å². The van der Waals surface area contributed by atoms with Gasteiger partial charge in [-0.05, 0) is 67.0 Å². The molecule has 0 saturated carbocycles. The molecule has 0 aliphatic carbocycles. The summed E-state index contributed by atoms with van der Waals surface area (Å²) in [4.78, 5) is 29.2. The average Bonchev–Trinajstić information content (AvgIpc) is 2.85. The first-order valence-electron chi connectivity index (χ1n) is 13.3. The van der Waals surface area contributed by atoms with Crippen LogP contribution in [0.2, 0.25) is 5.02 Å². The van der Waals surface area contributed by atoms with Crippen LogP contribution in [0.3, 0.4) is 0 Å². The lowest BCUT2D eigenvalue weighted by molar-refractivity contribution is -0.141. The van der Waals surface area contributed by atoms with Crippen LogP contribution in [0.5, 0.6) is 0 Å². The van der Waals surface area contributed by atoms with E-state index < -0.39 is 11.6 Å². The van der Waals surface area contributed by atoms with Crippen molar-refractivity contribution in [1.82, 2.24) is 10.2 Å². The smallest absolute Gasteiger partial charge is 0.243 e. The fourth-order valence-corrected chi connectivity index (χ4v) is 4.49.